The van der Waals surface area contributed by atoms with Crippen LogP contribution in [0.15, 0.2) is 71.5 Å². The Morgan fingerprint density at radius 2 is 1.38 bits per heavy atom. The van der Waals surface area contributed by atoms with E-state index in [1.807, 2.05) is 23.1 Å². The first-order valence-corrected chi connectivity index (χ1v) is 25.2. The molecular formula is C39H49FN4O3Sn. The summed E-state index contributed by atoms with van der Waals surface area (Å²) in [4.78, 5) is 43.1. The van der Waals surface area contributed by atoms with Crippen molar-refractivity contribution in [2.75, 3.05) is 26.2 Å². The average molecular weight is 760 g/mol. The molecule has 0 bridgehead atoms. The molecule has 0 aliphatic carbocycles. The van der Waals surface area contributed by atoms with Gasteiger partial charge in [0.15, 0.2) is 0 Å². The van der Waals surface area contributed by atoms with E-state index in [0.717, 1.165) is 16.5 Å². The van der Waals surface area contributed by atoms with Crippen LogP contribution in [-0.4, -0.2) is 76.4 Å². The Kier molecular flexibility index (Phi) is 12.5. The van der Waals surface area contributed by atoms with E-state index in [1.165, 1.54) is 61.5 Å². The van der Waals surface area contributed by atoms with E-state index >= 15 is 4.39 Å². The molecule has 3 aromatic carbocycles. The van der Waals surface area contributed by atoms with E-state index in [-0.39, 0.29) is 22.9 Å². The zero-order valence-corrected chi connectivity index (χ0v) is 31.5. The van der Waals surface area contributed by atoms with Crippen LogP contribution in [-0.2, 0) is 6.42 Å². The summed E-state index contributed by atoms with van der Waals surface area (Å²) in [6, 6.07) is 20.3. The van der Waals surface area contributed by atoms with Gasteiger partial charge in [-0.3, -0.25) is 4.79 Å². The first-order valence-electron chi connectivity index (χ1n) is 17.7. The van der Waals surface area contributed by atoms with Gasteiger partial charge >= 0.3 is 215 Å². The second kappa shape index (κ2) is 16.7. The molecule has 1 fully saturated rings. The maximum atomic E-state index is 15.0. The van der Waals surface area contributed by atoms with Crippen molar-refractivity contribution in [1.29, 1.82) is 0 Å². The van der Waals surface area contributed by atoms with Gasteiger partial charge in [0, 0.05) is 11.8 Å². The van der Waals surface area contributed by atoms with E-state index in [2.05, 4.69) is 49.2 Å². The fourth-order valence-corrected chi connectivity index (χ4v) is 23.2. The molecule has 254 valence electrons. The zero-order valence-electron chi connectivity index (χ0n) is 28.7. The summed E-state index contributed by atoms with van der Waals surface area (Å²) >= 11 is -2.70. The molecule has 2 heterocycles. The molecule has 2 amide bonds. The third-order valence-corrected chi connectivity index (χ3v) is 25.6. The standard InChI is InChI=1S/C27H22FN4O3.3C4H9.Sn/c28-23-11-10-18(17-24-20-8-4-5-9-21(20)25(33)30-29-24)16-22(23)27(35)32-14-12-31(13-15-32)26(34)19-6-2-1-3-7-19;3*1-3-4-2;/h1-2,4-11,16H,12-15,17H2,(H,30,33);3*1,3-4H2,2H3;. The molecule has 0 spiro atoms. The van der Waals surface area contributed by atoms with Gasteiger partial charge in [0.25, 0.3) is 5.56 Å². The normalized spacial score (nSPS) is 13.7. The minimum absolute atomic E-state index is 0.00350. The number of H-pyrrole nitrogens is 1. The number of benzene rings is 3. The van der Waals surface area contributed by atoms with Gasteiger partial charge in [-0.2, -0.15) is 5.10 Å². The molecule has 1 N–H and O–H groups in total. The summed E-state index contributed by atoms with van der Waals surface area (Å²) in [5, 5.41) is 8.03. The summed E-state index contributed by atoms with van der Waals surface area (Å²) in [5.74, 6) is -0.953. The van der Waals surface area contributed by atoms with Crippen LogP contribution < -0.4 is 9.14 Å². The number of nitrogens with one attached hydrogen (secondary N) is 1. The first kappa shape index (κ1) is 35.8. The fourth-order valence-electron chi connectivity index (χ4n) is 7.15. The van der Waals surface area contributed by atoms with Crippen molar-refractivity contribution in [3.05, 3.63) is 105 Å². The van der Waals surface area contributed by atoms with Crippen LogP contribution in [0.5, 0.6) is 0 Å². The van der Waals surface area contributed by atoms with Crippen molar-refractivity contribution in [3.63, 3.8) is 0 Å². The number of fused-ring (bicyclic) bond motifs is 1. The van der Waals surface area contributed by atoms with E-state index < -0.39 is 24.2 Å². The molecule has 1 aliphatic rings. The summed E-state index contributed by atoms with van der Waals surface area (Å²) in [7, 11) is 0. The molecule has 7 nitrogen and oxygen atoms in total. The molecule has 0 radical (unpaired) electrons. The fraction of sp³-hybridized carbons (Fsp3) is 0.436. The number of hydrogen-bond donors (Lipinski definition) is 1. The topological polar surface area (TPSA) is 86.4 Å². The molecule has 48 heavy (non-hydrogen) atoms. The van der Waals surface area contributed by atoms with Crippen molar-refractivity contribution in [1.82, 2.24) is 20.0 Å². The number of unbranched alkanes of at least 4 members (excludes halogenated alkanes) is 3. The minimum atomic E-state index is -2.70. The Hall–Kier alpha value is -3.53. The average Bonchev–Trinajstić information content (AvgIpc) is 3.13. The van der Waals surface area contributed by atoms with Crippen molar-refractivity contribution in [3.8, 4) is 0 Å². The number of halogens is 1. The third kappa shape index (κ3) is 8.18. The van der Waals surface area contributed by atoms with Gasteiger partial charge in [-0.1, -0.05) is 24.3 Å². The second-order valence-corrected chi connectivity index (χ2v) is 26.5. The van der Waals surface area contributed by atoms with Crippen molar-refractivity contribution < 1.29 is 14.0 Å². The zero-order chi connectivity index (χ0) is 34.1. The van der Waals surface area contributed by atoms with E-state index in [4.69, 9.17) is 0 Å². The summed E-state index contributed by atoms with van der Waals surface area (Å²) in [6.07, 6.45) is 7.75. The van der Waals surface area contributed by atoms with Gasteiger partial charge in [0.05, 0.1) is 11.1 Å². The molecule has 0 unspecified atom stereocenters. The molecule has 9 heteroatoms. The van der Waals surface area contributed by atoms with E-state index in [1.54, 1.807) is 29.2 Å². The molecule has 0 atom stereocenters. The molecule has 5 rings (SSSR count). The van der Waals surface area contributed by atoms with Crippen LogP contribution in [0.25, 0.3) is 10.8 Å². The van der Waals surface area contributed by atoms with Gasteiger partial charge < -0.3 is 0 Å². The Balaban J connectivity index is 1.28. The number of nitrogens with zero attached hydrogens (tertiary/aromatic N) is 3. The predicted octanol–water partition coefficient (Wildman–Crippen LogP) is 7.31. The van der Waals surface area contributed by atoms with Crippen LogP contribution in [0.1, 0.15) is 91.3 Å². The Bertz CT molecular complexity index is 1760. The van der Waals surface area contributed by atoms with Gasteiger partial charge in [-0.15, -0.1) is 0 Å². The van der Waals surface area contributed by atoms with Crippen LogP contribution in [0.2, 0.25) is 13.3 Å². The van der Waals surface area contributed by atoms with Crippen LogP contribution in [0.4, 0.5) is 4.39 Å². The summed E-state index contributed by atoms with van der Waals surface area (Å²) < 4.78 is 20.6. The first-order chi connectivity index (χ1) is 23.3. The Labute approximate surface area is 287 Å². The monoisotopic (exact) mass is 760 g/mol. The van der Waals surface area contributed by atoms with Gasteiger partial charge in [0.1, 0.15) is 0 Å². The summed E-state index contributed by atoms with van der Waals surface area (Å²) in [6.45, 7) is 8.32. The molecule has 1 aromatic heterocycles. The quantitative estimate of drug-likeness (QED) is 0.137. The molecule has 1 aliphatic heterocycles. The number of carbonyl (C=O) groups excluding carboxylic acids is 2. The van der Waals surface area contributed by atoms with Gasteiger partial charge in [-0.25, -0.2) is 5.10 Å². The maximum absolute atomic E-state index is 15.0. The number of rotatable bonds is 14. The second-order valence-electron chi connectivity index (χ2n) is 13.3. The molecule has 4 aromatic rings. The Morgan fingerprint density at radius 1 is 0.771 bits per heavy atom. The van der Waals surface area contributed by atoms with Crippen LogP contribution in [0, 0.1) is 5.82 Å². The number of aromatic amines is 1. The third-order valence-electron chi connectivity index (χ3n) is 10.0. The van der Waals surface area contributed by atoms with E-state index in [9.17, 15) is 14.4 Å². The van der Waals surface area contributed by atoms with Crippen molar-refractivity contribution >= 4 is 44.5 Å². The van der Waals surface area contributed by atoms with Crippen LogP contribution >= 0.6 is 0 Å². The number of aromatic nitrogens is 2. The van der Waals surface area contributed by atoms with E-state index in [0.29, 0.717) is 43.7 Å². The van der Waals surface area contributed by atoms with Gasteiger partial charge in [-0.05, 0) is 6.07 Å². The molecule has 0 saturated carbocycles. The number of piperazine rings is 1. The van der Waals surface area contributed by atoms with Crippen molar-refractivity contribution in [2.45, 2.75) is 79.0 Å². The van der Waals surface area contributed by atoms with Gasteiger partial charge in [0.2, 0.25) is 0 Å². The molecule has 1 saturated heterocycles. The SMILES string of the molecule is CCC[CH2][Sn]([CH2]CCC)([CH2]CCC)[c]1cccc(C(=O)N2CCN(C(=O)c3cc(Cc4n[nH]c(=O)c5ccccc45)ccc3F)CC2)c1. The summed E-state index contributed by atoms with van der Waals surface area (Å²) in [5.41, 5.74) is 1.85. The molecular weight excluding hydrogens is 710 g/mol. The Morgan fingerprint density at radius 3 is 2.00 bits per heavy atom. The van der Waals surface area contributed by atoms with Crippen molar-refractivity contribution in [2.24, 2.45) is 0 Å². The number of carbonyl (C=O) groups is 2. The number of hydrogen-bond acceptors (Lipinski definition) is 4. The number of amides is 2. The predicted molar refractivity (Wildman–Crippen MR) is 194 cm³/mol. The van der Waals surface area contributed by atoms with Crippen LogP contribution in [0.3, 0.4) is 0 Å².